The SMILES string of the molecule is COc1cccc(C#N)c1NC1CCCC1. The van der Waals surface area contributed by atoms with E-state index in [0.29, 0.717) is 11.6 Å². The molecule has 3 nitrogen and oxygen atoms in total. The molecule has 0 unspecified atom stereocenters. The Morgan fingerprint density at radius 1 is 1.38 bits per heavy atom. The van der Waals surface area contributed by atoms with Crippen LogP contribution in [0.15, 0.2) is 18.2 Å². The Morgan fingerprint density at radius 3 is 2.75 bits per heavy atom. The molecule has 0 spiro atoms. The zero-order chi connectivity index (χ0) is 11.4. The average Bonchev–Trinajstić information content (AvgIpc) is 2.82. The number of rotatable bonds is 3. The zero-order valence-corrected chi connectivity index (χ0v) is 9.49. The number of benzene rings is 1. The van der Waals surface area contributed by atoms with Gasteiger partial charge in [-0.3, -0.25) is 0 Å². The van der Waals surface area contributed by atoms with E-state index in [0.717, 1.165) is 11.4 Å². The van der Waals surface area contributed by atoms with E-state index in [2.05, 4.69) is 11.4 Å². The van der Waals surface area contributed by atoms with E-state index in [1.165, 1.54) is 25.7 Å². The molecular formula is C13H16N2O. The molecule has 0 bridgehead atoms. The van der Waals surface area contributed by atoms with Crippen LogP contribution in [0.2, 0.25) is 0 Å². The van der Waals surface area contributed by atoms with Gasteiger partial charge in [-0.05, 0) is 25.0 Å². The number of methoxy groups -OCH3 is 1. The predicted molar refractivity (Wildman–Crippen MR) is 63.6 cm³/mol. The Labute approximate surface area is 96.0 Å². The summed E-state index contributed by atoms with van der Waals surface area (Å²) in [5, 5.41) is 12.5. The molecule has 0 saturated heterocycles. The summed E-state index contributed by atoms with van der Waals surface area (Å²) in [4.78, 5) is 0. The summed E-state index contributed by atoms with van der Waals surface area (Å²) in [6, 6.07) is 8.24. The van der Waals surface area contributed by atoms with Crippen LogP contribution in [0.3, 0.4) is 0 Å². The van der Waals surface area contributed by atoms with Gasteiger partial charge in [0.05, 0.1) is 18.4 Å². The van der Waals surface area contributed by atoms with Gasteiger partial charge in [-0.2, -0.15) is 5.26 Å². The fourth-order valence-corrected chi connectivity index (χ4v) is 2.22. The normalized spacial score (nSPS) is 15.8. The van der Waals surface area contributed by atoms with Crippen molar-refractivity contribution in [2.75, 3.05) is 12.4 Å². The van der Waals surface area contributed by atoms with E-state index >= 15 is 0 Å². The topological polar surface area (TPSA) is 45.0 Å². The van der Waals surface area contributed by atoms with Crippen LogP contribution in [0.25, 0.3) is 0 Å². The van der Waals surface area contributed by atoms with Gasteiger partial charge in [0.1, 0.15) is 11.8 Å². The average molecular weight is 216 g/mol. The molecule has 0 aromatic heterocycles. The Morgan fingerprint density at radius 2 is 2.12 bits per heavy atom. The van der Waals surface area contributed by atoms with Crippen molar-refractivity contribution in [1.82, 2.24) is 0 Å². The first-order chi connectivity index (χ1) is 7.85. The van der Waals surface area contributed by atoms with Crippen LogP contribution in [-0.4, -0.2) is 13.2 Å². The largest absolute Gasteiger partial charge is 0.495 e. The summed E-state index contributed by atoms with van der Waals surface area (Å²) < 4.78 is 5.28. The smallest absolute Gasteiger partial charge is 0.143 e. The minimum atomic E-state index is 0.489. The minimum Gasteiger partial charge on any atom is -0.495 e. The van der Waals surface area contributed by atoms with Gasteiger partial charge < -0.3 is 10.1 Å². The molecule has 1 saturated carbocycles. The molecule has 0 radical (unpaired) electrons. The summed E-state index contributed by atoms with van der Waals surface area (Å²) >= 11 is 0. The lowest BCUT2D eigenvalue weighted by atomic mass is 10.1. The van der Waals surface area contributed by atoms with E-state index in [1.54, 1.807) is 7.11 Å². The standard InChI is InChI=1S/C13H16N2O/c1-16-12-8-4-5-10(9-14)13(12)15-11-6-2-3-7-11/h4-5,8,11,15H,2-3,6-7H2,1H3. The van der Waals surface area contributed by atoms with E-state index in [9.17, 15) is 0 Å². The minimum absolute atomic E-state index is 0.489. The molecule has 1 aromatic carbocycles. The van der Waals surface area contributed by atoms with E-state index in [4.69, 9.17) is 10.00 Å². The lowest BCUT2D eigenvalue weighted by molar-refractivity contribution is 0.416. The third-order valence-corrected chi connectivity index (χ3v) is 3.07. The molecule has 1 aromatic rings. The van der Waals surface area contributed by atoms with Gasteiger partial charge in [-0.1, -0.05) is 18.9 Å². The molecule has 84 valence electrons. The van der Waals surface area contributed by atoms with Gasteiger partial charge in [0.15, 0.2) is 0 Å². The number of nitrogens with zero attached hydrogens (tertiary/aromatic N) is 1. The number of hydrogen-bond donors (Lipinski definition) is 1. The van der Waals surface area contributed by atoms with Crippen LogP contribution >= 0.6 is 0 Å². The summed E-state index contributed by atoms with van der Waals surface area (Å²) in [7, 11) is 1.64. The molecule has 0 amide bonds. The van der Waals surface area contributed by atoms with Gasteiger partial charge in [0.2, 0.25) is 0 Å². The van der Waals surface area contributed by atoms with Crippen molar-refractivity contribution in [2.24, 2.45) is 0 Å². The highest BCUT2D eigenvalue weighted by Gasteiger charge is 2.18. The van der Waals surface area contributed by atoms with Crippen LogP contribution in [0.4, 0.5) is 5.69 Å². The molecule has 1 aliphatic carbocycles. The quantitative estimate of drug-likeness (QED) is 0.844. The van der Waals surface area contributed by atoms with Gasteiger partial charge in [0, 0.05) is 6.04 Å². The maximum Gasteiger partial charge on any atom is 0.143 e. The van der Waals surface area contributed by atoms with E-state index in [-0.39, 0.29) is 0 Å². The maximum atomic E-state index is 9.07. The summed E-state index contributed by atoms with van der Waals surface area (Å²) in [5.74, 6) is 0.756. The highest BCUT2D eigenvalue weighted by Crippen LogP contribution is 2.31. The Kier molecular flexibility index (Phi) is 3.31. The van der Waals surface area contributed by atoms with Gasteiger partial charge in [0.25, 0.3) is 0 Å². The second-order valence-corrected chi connectivity index (χ2v) is 4.12. The number of hydrogen-bond acceptors (Lipinski definition) is 3. The van der Waals surface area contributed by atoms with Crippen LogP contribution in [-0.2, 0) is 0 Å². The first-order valence-corrected chi connectivity index (χ1v) is 5.69. The number of ether oxygens (including phenoxy) is 1. The highest BCUT2D eigenvalue weighted by molar-refractivity contribution is 5.66. The van der Waals surface area contributed by atoms with E-state index < -0.39 is 0 Å². The van der Waals surface area contributed by atoms with Crippen molar-refractivity contribution in [2.45, 2.75) is 31.7 Å². The second-order valence-electron chi connectivity index (χ2n) is 4.12. The zero-order valence-electron chi connectivity index (χ0n) is 9.49. The Bertz CT molecular complexity index is 403. The molecule has 0 heterocycles. The number of nitrogens with one attached hydrogen (secondary N) is 1. The first kappa shape index (κ1) is 10.8. The second kappa shape index (κ2) is 4.89. The molecule has 1 fully saturated rings. The van der Waals surface area contributed by atoms with Crippen molar-refractivity contribution < 1.29 is 4.74 Å². The molecule has 1 N–H and O–H groups in total. The van der Waals surface area contributed by atoms with Crippen molar-refractivity contribution in [3.8, 4) is 11.8 Å². The Hall–Kier alpha value is -1.69. The first-order valence-electron chi connectivity index (χ1n) is 5.69. The molecule has 0 atom stereocenters. The fourth-order valence-electron chi connectivity index (χ4n) is 2.22. The van der Waals surface area contributed by atoms with Crippen LogP contribution in [0.5, 0.6) is 5.75 Å². The van der Waals surface area contributed by atoms with Crippen LogP contribution in [0.1, 0.15) is 31.2 Å². The van der Waals surface area contributed by atoms with Crippen molar-refractivity contribution in [3.05, 3.63) is 23.8 Å². The van der Waals surface area contributed by atoms with E-state index in [1.807, 2.05) is 18.2 Å². The third kappa shape index (κ3) is 2.11. The number of anilines is 1. The van der Waals surface area contributed by atoms with Crippen molar-refractivity contribution in [1.29, 1.82) is 5.26 Å². The summed E-state index contributed by atoms with van der Waals surface area (Å²) in [6.45, 7) is 0. The highest BCUT2D eigenvalue weighted by atomic mass is 16.5. The van der Waals surface area contributed by atoms with Crippen molar-refractivity contribution in [3.63, 3.8) is 0 Å². The van der Waals surface area contributed by atoms with Gasteiger partial charge in [-0.15, -0.1) is 0 Å². The summed E-state index contributed by atoms with van der Waals surface area (Å²) in [6.07, 6.45) is 4.91. The number of para-hydroxylation sites is 1. The molecule has 16 heavy (non-hydrogen) atoms. The molecular weight excluding hydrogens is 200 g/mol. The number of nitriles is 1. The Balaban J connectivity index is 2.26. The van der Waals surface area contributed by atoms with Gasteiger partial charge >= 0.3 is 0 Å². The molecule has 3 heteroatoms. The fraction of sp³-hybridized carbons (Fsp3) is 0.462. The van der Waals surface area contributed by atoms with Crippen molar-refractivity contribution >= 4 is 5.69 Å². The molecule has 2 rings (SSSR count). The monoisotopic (exact) mass is 216 g/mol. The maximum absolute atomic E-state index is 9.07. The third-order valence-electron chi connectivity index (χ3n) is 3.07. The lowest BCUT2D eigenvalue weighted by Gasteiger charge is -2.17. The molecule has 1 aliphatic rings. The molecule has 0 aliphatic heterocycles. The van der Waals surface area contributed by atoms with Crippen LogP contribution < -0.4 is 10.1 Å². The van der Waals surface area contributed by atoms with Gasteiger partial charge in [-0.25, -0.2) is 0 Å². The predicted octanol–water partition coefficient (Wildman–Crippen LogP) is 2.92. The summed E-state index contributed by atoms with van der Waals surface area (Å²) in [5.41, 5.74) is 1.51. The lowest BCUT2D eigenvalue weighted by Crippen LogP contribution is -2.16. The van der Waals surface area contributed by atoms with Crippen LogP contribution in [0, 0.1) is 11.3 Å².